The first-order chi connectivity index (χ1) is 18.2. The number of hydrogen-bond donors (Lipinski definition) is 1. The smallest absolute Gasteiger partial charge is 0.238 e. The van der Waals surface area contributed by atoms with Crippen molar-refractivity contribution in [2.75, 3.05) is 19.6 Å². The number of amides is 1. The second-order valence-electron chi connectivity index (χ2n) is 10.4. The van der Waals surface area contributed by atoms with Gasteiger partial charge in [-0.3, -0.25) is 9.69 Å². The molecule has 7 rings (SSSR count). The molecule has 2 aromatic carbocycles. The normalized spacial score (nSPS) is 24.5. The van der Waals surface area contributed by atoms with E-state index in [1.807, 2.05) is 24.3 Å². The second kappa shape index (κ2) is 9.31. The van der Waals surface area contributed by atoms with Crippen LogP contribution in [0.25, 0.3) is 11.1 Å². The number of nitrogens with zero attached hydrogens (tertiary/aromatic N) is 5. The Balaban J connectivity index is 1.16. The van der Waals surface area contributed by atoms with Gasteiger partial charge in [0, 0.05) is 26.1 Å². The van der Waals surface area contributed by atoms with Crippen LogP contribution in [0.5, 0.6) is 0 Å². The third-order valence-corrected chi connectivity index (χ3v) is 9.20. The molecular formula is C28H30N6O2S. The fraction of sp³-hybridized carbons (Fsp3) is 0.429. The number of piperazine rings is 1. The Bertz CT molecular complexity index is 1420. The number of rotatable bonds is 7. The molecule has 8 nitrogen and oxygen atoms in total. The van der Waals surface area contributed by atoms with Gasteiger partial charge in [-0.15, -0.1) is 0 Å². The molecule has 37 heavy (non-hydrogen) atoms. The van der Waals surface area contributed by atoms with E-state index in [0.29, 0.717) is 19.0 Å². The predicted octanol–water partition coefficient (Wildman–Crippen LogP) is 3.95. The van der Waals surface area contributed by atoms with Gasteiger partial charge in [-0.05, 0) is 60.0 Å². The van der Waals surface area contributed by atoms with Gasteiger partial charge in [0.05, 0.1) is 12.6 Å². The lowest BCUT2D eigenvalue weighted by Gasteiger charge is -2.56. The van der Waals surface area contributed by atoms with Crippen LogP contribution in [0.15, 0.2) is 59.3 Å². The van der Waals surface area contributed by atoms with Crippen molar-refractivity contribution in [2.45, 2.75) is 50.4 Å². The highest BCUT2D eigenvalue weighted by molar-refractivity contribution is 7.05. The largest absolute Gasteiger partial charge is 0.443 e. The van der Waals surface area contributed by atoms with Crippen LogP contribution in [0.2, 0.25) is 0 Å². The summed E-state index contributed by atoms with van der Waals surface area (Å²) < 4.78 is 10.2. The van der Waals surface area contributed by atoms with E-state index in [9.17, 15) is 4.79 Å². The predicted molar refractivity (Wildman–Crippen MR) is 141 cm³/mol. The maximum Gasteiger partial charge on any atom is 0.238 e. The van der Waals surface area contributed by atoms with E-state index in [1.54, 1.807) is 0 Å². The van der Waals surface area contributed by atoms with Crippen molar-refractivity contribution in [3.63, 3.8) is 0 Å². The minimum atomic E-state index is -0.355. The van der Waals surface area contributed by atoms with E-state index in [1.165, 1.54) is 29.9 Å². The third-order valence-electron chi connectivity index (χ3n) is 8.42. The molecule has 2 saturated heterocycles. The van der Waals surface area contributed by atoms with Crippen LogP contribution in [-0.4, -0.2) is 55.3 Å². The molecule has 2 unspecified atom stereocenters. The molecule has 1 N–H and O–H groups in total. The Kier molecular flexibility index (Phi) is 5.79. The van der Waals surface area contributed by atoms with Gasteiger partial charge in [-0.1, -0.05) is 42.8 Å². The second-order valence-corrected chi connectivity index (χ2v) is 11.3. The molecule has 2 atom stereocenters. The molecule has 3 fully saturated rings. The number of aryl methyl sites for hydroxylation is 2. The molecule has 190 valence electrons. The first kappa shape index (κ1) is 23.0. The Hall–Kier alpha value is -3.14. The SMILES string of the molecule is O=C1CN2C(c3nsc(CCc4ccccc4)n3)CNCC2(C2CCC2)N1Cc1ccc2ocnc2c1. The van der Waals surface area contributed by atoms with E-state index < -0.39 is 0 Å². The number of benzene rings is 2. The summed E-state index contributed by atoms with van der Waals surface area (Å²) >= 11 is 1.50. The van der Waals surface area contributed by atoms with E-state index in [4.69, 9.17) is 13.8 Å². The Labute approximate surface area is 219 Å². The molecule has 0 bridgehead atoms. The molecular weight excluding hydrogens is 484 g/mol. The van der Waals surface area contributed by atoms with Crippen molar-refractivity contribution >= 4 is 28.5 Å². The summed E-state index contributed by atoms with van der Waals surface area (Å²) in [6, 6.07) is 16.5. The lowest BCUT2D eigenvalue weighted by molar-refractivity contribution is -0.142. The number of fused-ring (bicyclic) bond motifs is 2. The maximum absolute atomic E-state index is 13.6. The van der Waals surface area contributed by atoms with Crippen LogP contribution in [0.4, 0.5) is 0 Å². The molecule has 2 aliphatic heterocycles. The number of carbonyl (C=O) groups excluding carboxylic acids is 1. The highest BCUT2D eigenvalue weighted by Gasteiger charge is 2.60. The molecule has 4 aromatic rings. The molecule has 0 radical (unpaired) electrons. The molecule has 4 heterocycles. The average molecular weight is 515 g/mol. The zero-order chi connectivity index (χ0) is 24.8. The van der Waals surface area contributed by atoms with Gasteiger partial charge in [-0.25, -0.2) is 9.97 Å². The van der Waals surface area contributed by atoms with Gasteiger partial charge in [0.1, 0.15) is 16.2 Å². The molecule has 1 amide bonds. The first-order valence-corrected chi connectivity index (χ1v) is 13.9. The number of aromatic nitrogens is 3. The van der Waals surface area contributed by atoms with Crippen molar-refractivity contribution in [2.24, 2.45) is 5.92 Å². The summed E-state index contributed by atoms with van der Waals surface area (Å²) in [6.45, 7) is 2.51. The van der Waals surface area contributed by atoms with Gasteiger partial charge in [0.2, 0.25) is 5.91 Å². The molecule has 2 aromatic heterocycles. The molecule has 1 aliphatic carbocycles. The van der Waals surface area contributed by atoms with Gasteiger partial charge < -0.3 is 14.6 Å². The fourth-order valence-corrected chi connectivity index (χ4v) is 7.02. The third kappa shape index (κ3) is 3.96. The van der Waals surface area contributed by atoms with Crippen molar-refractivity contribution < 1.29 is 9.21 Å². The molecule has 9 heteroatoms. The zero-order valence-electron chi connectivity index (χ0n) is 20.7. The van der Waals surface area contributed by atoms with Crippen LogP contribution in [0.3, 0.4) is 0 Å². The highest BCUT2D eigenvalue weighted by Crippen LogP contribution is 2.49. The fourth-order valence-electron chi connectivity index (χ4n) is 6.33. The first-order valence-electron chi connectivity index (χ1n) is 13.2. The van der Waals surface area contributed by atoms with E-state index in [0.717, 1.165) is 66.3 Å². The highest BCUT2D eigenvalue weighted by atomic mass is 32.1. The van der Waals surface area contributed by atoms with Crippen LogP contribution in [-0.2, 0) is 24.2 Å². The van der Waals surface area contributed by atoms with E-state index in [2.05, 4.69) is 44.4 Å². The summed E-state index contributed by atoms with van der Waals surface area (Å²) in [5, 5.41) is 4.74. The van der Waals surface area contributed by atoms with E-state index >= 15 is 0 Å². The molecule has 3 aliphatic rings. The summed E-state index contributed by atoms with van der Waals surface area (Å²) in [4.78, 5) is 27.5. The van der Waals surface area contributed by atoms with Crippen LogP contribution >= 0.6 is 11.5 Å². The van der Waals surface area contributed by atoms with Crippen molar-refractivity contribution in [1.82, 2.24) is 29.5 Å². The van der Waals surface area contributed by atoms with Crippen LogP contribution < -0.4 is 5.32 Å². The summed E-state index contributed by atoms with van der Waals surface area (Å²) in [5.41, 5.74) is 3.63. The van der Waals surface area contributed by atoms with Crippen molar-refractivity contribution in [1.29, 1.82) is 0 Å². The quantitative estimate of drug-likeness (QED) is 0.400. The minimum absolute atomic E-state index is 0.0111. The zero-order valence-corrected chi connectivity index (χ0v) is 21.5. The van der Waals surface area contributed by atoms with E-state index in [-0.39, 0.29) is 17.6 Å². The lowest BCUT2D eigenvalue weighted by atomic mass is 9.73. The van der Waals surface area contributed by atoms with Crippen LogP contribution in [0.1, 0.15) is 47.3 Å². The summed E-state index contributed by atoms with van der Waals surface area (Å²) in [7, 11) is 0. The number of nitrogens with one attached hydrogen (secondary N) is 1. The van der Waals surface area contributed by atoms with Gasteiger partial charge in [0.15, 0.2) is 17.8 Å². The number of oxazole rings is 1. The van der Waals surface area contributed by atoms with Crippen LogP contribution in [0, 0.1) is 5.92 Å². The number of carbonyl (C=O) groups is 1. The molecule has 0 spiro atoms. The Morgan fingerprint density at radius 2 is 2.00 bits per heavy atom. The Morgan fingerprint density at radius 3 is 2.84 bits per heavy atom. The Morgan fingerprint density at radius 1 is 1.11 bits per heavy atom. The standard InChI is InChI=1S/C28H30N6O2S/c35-26-16-33-23(27-31-25(37-32-27)12-10-19-5-2-1-3-6-19)14-29-17-28(33,21-7-4-8-21)34(26)15-20-9-11-24-22(13-20)30-18-36-24/h1-3,5-6,9,11,13,18,21,23,29H,4,7-8,10,12,14-17H2. The van der Waals surface area contributed by atoms with Gasteiger partial charge in [-0.2, -0.15) is 4.37 Å². The monoisotopic (exact) mass is 514 g/mol. The topological polar surface area (TPSA) is 87.4 Å². The average Bonchev–Trinajstić information content (AvgIpc) is 3.61. The molecule has 1 saturated carbocycles. The van der Waals surface area contributed by atoms with Gasteiger partial charge >= 0.3 is 0 Å². The summed E-state index contributed by atoms with van der Waals surface area (Å²) in [5.74, 6) is 1.48. The summed E-state index contributed by atoms with van der Waals surface area (Å²) in [6.07, 6.45) is 6.81. The maximum atomic E-state index is 13.6. The number of hydrogen-bond acceptors (Lipinski definition) is 8. The minimum Gasteiger partial charge on any atom is -0.443 e. The van der Waals surface area contributed by atoms with Crippen molar-refractivity contribution in [3.05, 3.63) is 76.9 Å². The van der Waals surface area contributed by atoms with Gasteiger partial charge in [0.25, 0.3) is 0 Å². The van der Waals surface area contributed by atoms with Crippen molar-refractivity contribution in [3.8, 4) is 0 Å². The lowest BCUT2D eigenvalue weighted by Crippen LogP contribution is -2.69.